The minimum atomic E-state index is -0.391. The van der Waals surface area contributed by atoms with Gasteiger partial charge in [-0.1, -0.05) is 66.7 Å². The van der Waals surface area contributed by atoms with Gasteiger partial charge in [0.15, 0.2) is 0 Å². The van der Waals surface area contributed by atoms with E-state index in [-0.39, 0.29) is 0 Å². The van der Waals surface area contributed by atoms with Crippen LogP contribution < -0.4 is 4.90 Å². The van der Waals surface area contributed by atoms with Gasteiger partial charge in [0.05, 0.1) is 22.9 Å². The number of anilines is 1. The molecule has 0 bridgehead atoms. The zero-order valence-corrected chi connectivity index (χ0v) is 18.5. The van der Waals surface area contributed by atoms with Crippen molar-refractivity contribution in [2.24, 2.45) is 4.99 Å². The van der Waals surface area contributed by atoms with E-state index >= 15 is 0 Å². The Hall–Kier alpha value is -3.42. The van der Waals surface area contributed by atoms with Gasteiger partial charge in [-0.15, -0.1) is 0 Å². The molecule has 3 aromatic rings. The van der Waals surface area contributed by atoms with Crippen molar-refractivity contribution in [1.82, 2.24) is 4.90 Å². The summed E-state index contributed by atoms with van der Waals surface area (Å²) in [6.07, 6.45) is 1.82. The first-order valence-corrected chi connectivity index (χ1v) is 11.4. The summed E-state index contributed by atoms with van der Waals surface area (Å²) >= 11 is 0. The lowest BCUT2D eigenvalue weighted by atomic mass is 9.94. The lowest BCUT2D eigenvalue weighted by Gasteiger charge is -2.34. The van der Waals surface area contributed by atoms with Crippen LogP contribution in [-0.2, 0) is 5.41 Å². The maximum absolute atomic E-state index is 9.94. The molecule has 0 spiro atoms. The first-order valence-electron chi connectivity index (χ1n) is 11.4. The molecule has 0 unspecified atom stereocenters. The van der Waals surface area contributed by atoms with Gasteiger partial charge in [0.1, 0.15) is 0 Å². The van der Waals surface area contributed by atoms with Crippen molar-refractivity contribution in [2.45, 2.75) is 18.3 Å². The number of nitrogens with zero attached hydrogens (tertiary/aromatic N) is 4. The van der Waals surface area contributed by atoms with Crippen LogP contribution in [0.2, 0.25) is 0 Å². The summed E-state index contributed by atoms with van der Waals surface area (Å²) in [5.41, 5.74) is 5.88. The van der Waals surface area contributed by atoms with Gasteiger partial charge in [0, 0.05) is 43.0 Å². The topological polar surface area (TPSA) is 42.6 Å². The maximum atomic E-state index is 9.94. The molecule has 1 saturated heterocycles. The smallest absolute Gasteiger partial charge is 0.0844 e. The second-order valence-corrected chi connectivity index (χ2v) is 8.88. The Kier molecular flexibility index (Phi) is 5.51. The Balaban J connectivity index is 1.64. The molecule has 4 nitrogen and oxygen atoms in total. The van der Waals surface area contributed by atoms with Crippen LogP contribution in [0.4, 0.5) is 11.4 Å². The number of aliphatic imine (C=N–C) groups is 1. The van der Waals surface area contributed by atoms with Gasteiger partial charge in [-0.25, -0.2) is 4.99 Å². The van der Waals surface area contributed by atoms with Crippen LogP contribution in [0, 0.1) is 11.3 Å². The second kappa shape index (κ2) is 8.61. The highest BCUT2D eigenvalue weighted by molar-refractivity contribution is 6.14. The fraction of sp³-hybridized carbons (Fsp3) is 0.286. The fourth-order valence-electron chi connectivity index (χ4n) is 4.45. The van der Waals surface area contributed by atoms with E-state index in [9.17, 15) is 5.26 Å². The molecule has 4 heteroatoms. The molecule has 160 valence electrons. The van der Waals surface area contributed by atoms with Crippen molar-refractivity contribution in [3.63, 3.8) is 0 Å². The largest absolute Gasteiger partial charge is 0.369 e. The summed E-state index contributed by atoms with van der Waals surface area (Å²) < 4.78 is 0. The van der Waals surface area contributed by atoms with Crippen LogP contribution in [0.25, 0.3) is 0 Å². The molecule has 1 saturated carbocycles. The van der Waals surface area contributed by atoms with Crippen molar-refractivity contribution in [3.05, 3.63) is 95.6 Å². The third-order valence-electron chi connectivity index (χ3n) is 6.66. The molecular weight excluding hydrogens is 392 g/mol. The van der Waals surface area contributed by atoms with Gasteiger partial charge < -0.3 is 9.80 Å². The van der Waals surface area contributed by atoms with Crippen molar-refractivity contribution < 1.29 is 0 Å². The number of nitriles is 1. The predicted octanol–water partition coefficient (Wildman–Crippen LogP) is 5.16. The Labute approximate surface area is 190 Å². The summed E-state index contributed by atoms with van der Waals surface area (Å²) in [7, 11) is 2.17. The summed E-state index contributed by atoms with van der Waals surface area (Å²) in [4.78, 5) is 10.0. The van der Waals surface area contributed by atoms with Crippen LogP contribution in [-0.4, -0.2) is 43.8 Å². The first kappa shape index (κ1) is 20.5. The molecule has 0 aromatic heterocycles. The van der Waals surface area contributed by atoms with E-state index in [1.54, 1.807) is 0 Å². The number of likely N-dealkylation sites (N-methyl/N-ethyl adjacent to an activating group) is 1. The van der Waals surface area contributed by atoms with Gasteiger partial charge >= 0.3 is 0 Å². The first-order chi connectivity index (χ1) is 15.7. The highest BCUT2D eigenvalue weighted by Gasteiger charge is 2.46. The van der Waals surface area contributed by atoms with E-state index in [0.29, 0.717) is 0 Å². The molecule has 32 heavy (non-hydrogen) atoms. The Morgan fingerprint density at radius 2 is 1.44 bits per heavy atom. The SMILES string of the molecule is CN1CCN(c2ccc(C3(C#N)CC3)c(N=C(c3ccccc3)c3ccccc3)c2)CC1. The van der Waals surface area contributed by atoms with E-state index in [1.165, 1.54) is 5.69 Å². The highest BCUT2D eigenvalue weighted by atomic mass is 15.2. The van der Waals surface area contributed by atoms with Crippen LogP contribution >= 0.6 is 0 Å². The summed E-state index contributed by atoms with van der Waals surface area (Å²) in [6.45, 7) is 4.13. The standard InChI is InChI=1S/C28H28N4/c1-31-16-18-32(19-17-31)24-12-13-25(28(21-29)14-15-28)26(20-24)30-27(22-8-4-2-5-9-22)23-10-6-3-7-11-23/h2-13,20H,14-19H2,1H3. The van der Waals surface area contributed by atoms with E-state index in [0.717, 1.165) is 67.1 Å². The molecule has 0 atom stereocenters. The molecule has 1 aliphatic carbocycles. The normalized spacial score (nSPS) is 17.4. The molecule has 3 aromatic carbocycles. The lowest BCUT2D eigenvalue weighted by Crippen LogP contribution is -2.44. The fourth-order valence-corrected chi connectivity index (χ4v) is 4.45. The predicted molar refractivity (Wildman–Crippen MR) is 131 cm³/mol. The van der Waals surface area contributed by atoms with Crippen LogP contribution in [0.1, 0.15) is 29.5 Å². The molecule has 5 rings (SSSR count). The minimum absolute atomic E-state index is 0.391. The monoisotopic (exact) mass is 420 g/mol. The Bertz CT molecular complexity index is 1110. The van der Waals surface area contributed by atoms with Gasteiger partial charge in [0.2, 0.25) is 0 Å². The van der Waals surface area contributed by atoms with Gasteiger partial charge in [-0.05, 0) is 37.6 Å². The van der Waals surface area contributed by atoms with Gasteiger partial charge in [-0.3, -0.25) is 0 Å². The number of rotatable bonds is 5. The number of hydrogen-bond donors (Lipinski definition) is 0. The summed E-state index contributed by atoms with van der Waals surface area (Å²) in [5.74, 6) is 0. The molecular formula is C28H28N4. The number of hydrogen-bond acceptors (Lipinski definition) is 4. The Morgan fingerprint density at radius 1 is 0.844 bits per heavy atom. The number of piperazine rings is 1. The van der Waals surface area contributed by atoms with E-state index in [4.69, 9.17) is 4.99 Å². The van der Waals surface area contributed by atoms with E-state index in [2.05, 4.69) is 65.4 Å². The highest BCUT2D eigenvalue weighted by Crippen LogP contribution is 2.51. The summed E-state index contributed by atoms with van der Waals surface area (Å²) in [5, 5.41) is 9.94. The van der Waals surface area contributed by atoms with Crippen molar-refractivity contribution in [2.75, 3.05) is 38.1 Å². The van der Waals surface area contributed by atoms with Crippen LogP contribution in [0.5, 0.6) is 0 Å². The molecule has 0 radical (unpaired) electrons. The van der Waals surface area contributed by atoms with Crippen molar-refractivity contribution in [1.29, 1.82) is 5.26 Å². The molecule has 2 fully saturated rings. The Morgan fingerprint density at radius 3 is 1.97 bits per heavy atom. The lowest BCUT2D eigenvalue weighted by molar-refractivity contribution is 0.313. The molecule has 0 amide bonds. The molecule has 1 heterocycles. The van der Waals surface area contributed by atoms with Crippen molar-refractivity contribution in [3.8, 4) is 6.07 Å². The average Bonchev–Trinajstić information content (AvgIpc) is 3.65. The molecule has 0 N–H and O–H groups in total. The van der Waals surface area contributed by atoms with E-state index < -0.39 is 5.41 Å². The third-order valence-corrected chi connectivity index (χ3v) is 6.66. The minimum Gasteiger partial charge on any atom is -0.369 e. The number of benzene rings is 3. The van der Waals surface area contributed by atoms with Crippen LogP contribution in [0.3, 0.4) is 0 Å². The quantitative estimate of drug-likeness (QED) is 0.535. The van der Waals surface area contributed by atoms with Gasteiger partial charge in [0.25, 0.3) is 0 Å². The zero-order valence-electron chi connectivity index (χ0n) is 18.5. The third kappa shape index (κ3) is 4.04. The van der Waals surface area contributed by atoms with E-state index in [1.807, 2.05) is 36.4 Å². The second-order valence-electron chi connectivity index (χ2n) is 8.88. The molecule has 1 aliphatic heterocycles. The van der Waals surface area contributed by atoms with Crippen LogP contribution in [0.15, 0.2) is 83.9 Å². The average molecular weight is 421 g/mol. The summed E-state index contributed by atoms with van der Waals surface area (Å²) in [6, 6.07) is 29.8. The van der Waals surface area contributed by atoms with Crippen molar-refractivity contribution >= 4 is 17.1 Å². The van der Waals surface area contributed by atoms with Gasteiger partial charge in [-0.2, -0.15) is 5.26 Å². The zero-order chi connectivity index (χ0) is 22.0. The maximum Gasteiger partial charge on any atom is 0.0844 e. The molecule has 2 aliphatic rings.